The summed E-state index contributed by atoms with van der Waals surface area (Å²) in [4.78, 5) is 26.9. The van der Waals surface area contributed by atoms with E-state index in [4.69, 9.17) is 11.6 Å². The van der Waals surface area contributed by atoms with Crippen molar-refractivity contribution in [3.8, 4) is 0 Å². The molecule has 1 N–H and O–H groups in total. The molecule has 32 heavy (non-hydrogen) atoms. The first kappa shape index (κ1) is 24.2. The number of halogens is 2. The fourth-order valence-corrected chi connectivity index (χ4v) is 5.49. The summed E-state index contributed by atoms with van der Waals surface area (Å²) in [6.45, 7) is 5.75. The Labute approximate surface area is 192 Å². The van der Waals surface area contributed by atoms with Crippen LogP contribution in [0.2, 0.25) is 5.02 Å². The van der Waals surface area contributed by atoms with E-state index in [1.807, 2.05) is 13.8 Å². The van der Waals surface area contributed by atoms with Crippen molar-refractivity contribution in [2.45, 2.75) is 26.3 Å². The van der Waals surface area contributed by atoms with Crippen molar-refractivity contribution in [1.82, 2.24) is 10.2 Å². The second-order valence-electron chi connectivity index (χ2n) is 7.39. The quantitative estimate of drug-likeness (QED) is 0.624. The average Bonchev–Trinajstić information content (AvgIpc) is 3.03. The molecule has 0 aromatic heterocycles. The Bertz CT molecular complexity index is 1100. The number of carbonyl (C=O) groups is 2. The van der Waals surface area contributed by atoms with Crippen LogP contribution in [0.25, 0.3) is 0 Å². The molecule has 0 saturated carbocycles. The van der Waals surface area contributed by atoms with Gasteiger partial charge in [0.2, 0.25) is 15.9 Å². The van der Waals surface area contributed by atoms with Crippen LogP contribution in [-0.2, 0) is 14.8 Å². The van der Waals surface area contributed by atoms with Crippen molar-refractivity contribution in [2.75, 3.05) is 29.7 Å². The highest BCUT2D eigenvalue weighted by atomic mass is 35.5. The Hall–Kier alpha value is -2.49. The molecule has 2 amide bonds. The number of likely N-dealkylation sites (N-methyl/N-ethyl adjacent to an activating group) is 1. The molecule has 172 valence electrons. The summed E-state index contributed by atoms with van der Waals surface area (Å²) in [5, 5.41) is 2.90. The van der Waals surface area contributed by atoms with Gasteiger partial charge in [-0.1, -0.05) is 37.6 Å². The molecular weight excluding hydrogens is 457 g/mol. The zero-order chi connectivity index (χ0) is 23.5. The van der Waals surface area contributed by atoms with E-state index in [0.717, 1.165) is 23.0 Å². The molecule has 1 aliphatic heterocycles. The lowest BCUT2D eigenvalue weighted by Crippen LogP contribution is -2.38. The predicted octanol–water partition coefficient (Wildman–Crippen LogP) is 3.36. The Morgan fingerprint density at radius 2 is 1.84 bits per heavy atom. The molecule has 3 rings (SSSR count). The van der Waals surface area contributed by atoms with Gasteiger partial charge in [-0.2, -0.15) is 0 Å². The molecule has 2 aromatic rings. The summed E-state index contributed by atoms with van der Waals surface area (Å²) in [6, 6.07) is 10.1. The number of carbonyl (C=O) groups excluding carboxylic acids is 2. The van der Waals surface area contributed by atoms with Crippen LogP contribution in [0.1, 0.15) is 42.2 Å². The van der Waals surface area contributed by atoms with Gasteiger partial charge in [-0.05, 0) is 49.0 Å². The van der Waals surface area contributed by atoms with Gasteiger partial charge in [0.15, 0.2) is 0 Å². The number of anilines is 1. The van der Waals surface area contributed by atoms with Gasteiger partial charge >= 0.3 is 0 Å². The van der Waals surface area contributed by atoms with E-state index < -0.39 is 21.8 Å². The third-order valence-electron chi connectivity index (χ3n) is 5.47. The Kier molecular flexibility index (Phi) is 7.53. The van der Waals surface area contributed by atoms with E-state index in [1.54, 1.807) is 12.1 Å². The smallest absolute Gasteiger partial charge is 0.252 e. The van der Waals surface area contributed by atoms with Crippen molar-refractivity contribution in [3.05, 3.63) is 64.4 Å². The highest BCUT2D eigenvalue weighted by Gasteiger charge is 2.36. The lowest BCUT2D eigenvalue weighted by Gasteiger charge is -2.30. The van der Waals surface area contributed by atoms with Gasteiger partial charge < -0.3 is 5.32 Å². The van der Waals surface area contributed by atoms with Crippen LogP contribution < -0.4 is 9.62 Å². The lowest BCUT2D eigenvalue weighted by atomic mass is 10.0. The third-order valence-corrected chi connectivity index (χ3v) is 7.48. The number of hydrogen-bond donors (Lipinski definition) is 1. The molecule has 0 bridgehead atoms. The molecule has 0 aliphatic carbocycles. The van der Waals surface area contributed by atoms with Gasteiger partial charge in [0.25, 0.3) is 5.91 Å². The van der Waals surface area contributed by atoms with Crippen LogP contribution >= 0.6 is 11.6 Å². The number of hydrogen-bond acceptors (Lipinski definition) is 5. The Morgan fingerprint density at radius 1 is 1.19 bits per heavy atom. The fraction of sp³-hybridized carbons (Fsp3) is 0.364. The van der Waals surface area contributed by atoms with Crippen molar-refractivity contribution in [1.29, 1.82) is 0 Å². The van der Waals surface area contributed by atoms with E-state index in [1.165, 1.54) is 30.3 Å². The van der Waals surface area contributed by atoms with Gasteiger partial charge in [-0.15, -0.1) is 0 Å². The summed E-state index contributed by atoms with van der Waals surface area (Å²) >= 11 is 6.26. The van der Waals surface area contributed by atoms with E-state index >= 15 is 0 Å². The number of nitrogens with zero attached hydrogens (tertiary/aromatic N) is 2. The number of amides is 2. The SMILES string of the molecule is CCN(CC)C(CNC(=O)c1ccc(N2C(=O)CCS2(=O)=O)cc1Cl)c1ccc(F)cc1. The standard InChI is InChI=1S/C22H25ClFN3O4S/c1-3-26(4-2)20(15-5-7-16(24)8-6-15)14-25-22(29)18-10-9-17(13-19(18)23)27-21(28)11-12-32(27,30)31/h5-10,13,20H,3-4,11-12,14H2,1-2H3,(H,25,29). The predicted molar refractivity (Wildman–Crippen MR) is 122 cm³/mol. The van der Waals surface area contributed by atoms with E-state index in [2.05, 4.69) is 10.2 Å². The minimum Gasteiger partial charge on any atom is -0.350 e. The minimum absolute atomic E-state index is 0.0380. The topological polar surface area (TPSA) is 86.8 Å². The van der Waals surface area contributed by atoms with E-state index in [-0.39, 0.29) is 46.9 Å². The third kappa shape index (κ3) is 5.11. The lowest BCUT2D eigenvalue weighted by molar-refractivity contribution is -0.116. The molecule has 7 nitrogen and oxygen atoms in total. The van der Waals surface area contributed by atoms with Crippen molar-refractivity contribution in [3.63, 3.8) is 0 Å². The largest absolute Gasteiger partial charge is 0.350 e. The molecule has 0 radical (unpaired) electrons. The second-order valence-corrected chi connectivity index (χ2v) is 9.73. The van der Waals surface area contributed by atoms with Crippen LogP contribution in [0.3, 0.4) is 0 Å². The molecule has 1 aliphatic rings. The van der Waals surface area contributed by atoms with Crippen molar-refractivity contribution in [2.24, 2.45) is 0 Å². The molecule has 1 saturated heterocycles. The zero-order valence-electron chi connectivity index (χ0n) is 17.8. The van der Waals surface area contributed by atoms with Gasteiger partial charge in [-0.25, -0.2) is 17.1 Å². The first-order valence-corrected chi connectivity index (χ1v) is 12.3. The van der Waals surface area contributed by atoms with Gasteiger partial charge in [0.1, 0.15) is 5.82 Å². The van der Waals surface area contributed by atoms with Gasteiger partial charge in [0, 0.05) is 13.0 Å². The minimum atomic E-state index is -3.72. The van der Waals surface area contributed by atoms with Crippen LogP contribution in [0.15, 0.2) is 42.5 Å². The molecule has 1 unspecified atom stereocenters. The molecule has 0 spiro atoms. The Balaban J connectivity index is 1.78. The highest BCUT2D eigenvalue weighted by molar-refractivity contribution is 7.94. The number of sulfonamides is 1. The normalized spacial score (nSPS) is 16.4. The van der Waals surface area contributed by atoms with Crippen molar-refractivity contribution < 1.29 is 22.4 Å². The number of rotatable bonds is 8. The van der Waals surface area contributed by atoms with Gasteiger partial charge in [0.05, 0.1) is 28.1 Å². The first-order valence-electron chi connectivity index (χ1n) is 10.3. The monoisotopic (exact) mass is 481 g/mol. The molecule has 10 heteroatoms. The average molecular weight is 482 g/mol. The van der Waals surface area contributed by atoms with Crippen molar-refractivity contribution >= 4 is 39.1 Å². The van der Waals surface area contributed by atoms with Crippen LogP contribution in [0.4, 0.5) is 10.1 Å². The summed E-state index contributed by atoms with van der Waals surface area (Å²) in [6.07, 6.45) is -0.0850. The maximum Gasteiger partial charge on any atom is 0.252 e. The molecular formula is C22H25ClFN3O4S. The van der Waals surface area contributed by atoms with E-state index in [0.29, 0.717) is 0 Å². The highest BCUT2D eigenvalue weighted by Crippen LogP contribution is 2.29. The first-order chi connectivity index (χ1) is 15.2. The Morgan fingerprint density at radius 3 is 2.38 bits per heavy atom. The summed E-state index contributed by atoms with van der Waals surface area (Å²) in [5.74, 6) is -1.54. The van der Waals surface area contributed by atoms with Crippen LogP contribution in [0, 0.1) is 5.82 Å². The number of nitrogens with one attached hydrogen (secondary N) is 1. The molecule has 2 aromatic carbocycles. The molecule has 1 heterocycles. The maximum absolute atomic E-state index is 13.4. The number of benzene rings is 2. The summed E-state index contributed by atoms with van der Waals surface area (Å²) < 4.78 is 38.3. The van der Waals surface area contributed by atoms with E-state index in [9.17, 15) is 22.4 Å². The molecule has 1 atom stereocenters. The second kappa shape index (κ2) is 9.97. The molecule has 1 fully saturated rings. The maximum atomic E-state index is 13.4. The fourth-order valence-electron chi connectivity index (χ4n) is 3.78. The zero-order valence-corrected chi connectivity index (χ0v) is 19.4. The van der Waals surface area contributed by atoms with Crippen LogP contribution in [0.5, 0.6) is 0 Å². The summed E-state index contributed by atoms with van der Waals surface area (Å²) in [5.41, 5.74) is 1.15. The summed E-state index contributed by atoms with van der Waals surface area (Å²) in [7, 11) is -3.72. The van der Waals surface area contributed by atoms with Gasteiger partial charge in [-0.3, -0.25) is 14.5 Å². The van der Waals surface area contributed by atoms with Crippen LogP contribution in [-0.4, -0.2) is 50.5 Å².